The summed E-state index contributed by atoms with van der Waals surface area (Å²) in [4.78, 5) is 13.8. The molecule has 0 fully saturated rings. The van der Waals surface area contributed by atoms with Gasteiger partial charge in [-0.25, -0.2) is 0 Å². The molecule has 0 unspecified atom stereocenters. The molecule has 4 aromatic rings. The lowest BCUT2D eigenvalue weighted by molar-refractivity contribution is -0.113. The lowest BCUT2D eigenvalue weighted by atomic mass is 10.0. The molecule has 0 spiro atoms. The van der Waals surface area contributed by atoms with Crippen molar-refractivity contribution in [2.45, 2.75) is 39.4 Å². The Morgan fingerprint density at radius 1 is 1.06 bits per heavy atom. The third-order valence-corrected chi connectivity index (χ3v) is 7.03. The summed E-state index contributed by atoms with van der Waals surface area (Å²) in [5, 5.41) is 14.8. The summed E-state index contributed by atoms with van der Waals surface area (Å²) >= 11 is 3.13. The number of hydrogen-bond acceptors (Lipinski definition) is 5. The third kappa shape index (κ3) is 4.79. The highest BCUT2D eigenvalue weighted by Crippen LogP contribution is 2.39. The molecule has 0 aliphatic carbocycles. The Labute approximate surface area is 196 Å². The van der Waals surface area contributed by atoms with Crippen LogP contribution in [0.25, 0.3) is 22.5 Å². The van der Waals surface area contributed by atoms with Crippen LogP contribution in [0.3, 0.4) is 0 Å². The first-order chi connectivity index (χ1) is 15.5. The van der Waals surface area contributed by atoms with Gasteiger partial charge in [0.15, 0.2) is 11.0 Å². The monoisotopic (exact) mass is 462 g/mol. The topological polar surface area (TPSA) is 59.8 Å². The molecule has 0 aliphatic rings. The zero-order chi connectivity index (χ0) is 22.7. The Morgan fingerprint density at radius 3 is 2.47 bits per heavy atom. The van der Waals surface area contributed by atoms with Crippen molar-refractivity contribution in [2.24, 2.45) is 0 Å². The van der Waals surface area contributed by atoms with Crippen molar-refractivity contribution >= 4 is 34.7 Å². The predicted octanol–water partition coefficient (Wildman–Crippen LogP) is 6.35. The molecule has 164 valence electrons. The van der Waals surface area contributed by atoms with Gasteiger partial charge in [0.05, 0.1) is 5.75 Å². The first-order valence-electron chi connectivity index (χ1n) is 10.5. The number of nitrogens with zero attached hydrogens (tertiary/aromatic N) is 3. The number of aromatic nitrogens is 3. The SMILES string of the molecule is CCn1c(SCC(=O)Nc2cc(C)cc(C)c2)nnc1-c1csc(C)c1-c1ccccc1. The molecule has 0 saturated heterocycles. The Bertz CT molecular complexity index is 1220. The zero-order valence-electron chi connectivity index (χ0n) is 18.7. The fourth-order valence-electron chi connectivity index (χ4n) is 3.84. The van der Waals surface area contributed by atoms with Crippen LogP contribution in [0.1, 0.15) is 22.9 Å². The number of hydrogen-bond donors (Lipinski definition) is 1. The first-order valence-corrected chi connectivity index (χ1v) is 12.4. The van der Waals surface area contributed by atoms with E-state index in [-0.39, 0.29) is 11.7 Å². The highest BCUT2D eigenvalue weighted by Gasteiger charge is 2.20. The van der Waals surface area contributed by atoms with Crippen molar-refractivity contribution < 1.29 is 4.79 Å². The highest BCUT2D eigenvalue weighted by molar-refractivity contribution is 7.99. The maximum atomic E-state index is 12.5. The Balaban J connectivity index is 1.54. The molecular formula is C25H26N4OS2. The van der Waals surface area contributed by atoms with Crippen LogP contribution in [-0.4, -0.2) is 26.4 Å². The summed E-state index contributed by atoms with van der Waals surface area (Å²) in [6.07, 6.45) is 0. The fourth-order valence-corrected chi connectivity index (χ4v) is 5.50. The molecule has 2 heterocycles. The minimum Gasteiger partial charge on any atom is -0.325 e. The van der Waals surface area contributed by atoms with Crippen molar-refractivity contribution in [2.75, 3.05) is 11.1 Å². The van der Waals surface area contributed by atoms with Gasteiger partial charge in [-0.15, -0.1) is 21.5 Å². The molecule has 0 aliphatic heterocycles. The van der Waals surface area contributed by atoms with E-state index in [9.17, 15) is 4.79 Å². The number of nitrogens with one attached hydrogen (secondary N) is 1. The summed E-state index contributed by atoms with van der Waals surface area (Å²) in [7, 11) is 0. The highest BCUT2D eigenvalue weighted by atomic mass is 32.2. The minimum atomic E-state index is -0.0523. The number of anilines is 1. The molecule has 7 heteroatoms. The van der Waals surface area contributed by atoms with Crippen LogP contribution in [0.15, 0.2) is 59.1 Å². The Morgan fingerprint density at radius 2 is 1.78 bits per heavy atom. The number of carbonyl (C=O) groups is 1. The maximum absolute atomic E-state index is 12.5. The van der Waals surface area contributed by atoms with E-state index in [1.54, 1.807) is 11.3 Å². The van der Waals surface area contributed by atoms with Crippen LogP contribution in [0.4, 0.5) is 5.69 Å². The van der Waals surface area contributed by atoms with Gasteiger partial charge in [-0.05, 0) is 56.5 Å². The largest absolute Gasteiger partial charge is 0.325 e. The van der Waals surface area contributed by atoms with Gasteiger partial charge in [0.2, 0.25) is 5.91 Å². The number of aryl methyl sites for hydroxylation is 3. The van der Waals surface area contributed by atoms with E-state index >= 15 is 0 Å². The second-order valence-corrected chi connectivity index (χ2v) is 9.74. The van der Waals surface area contributed by atoms with Crippen molar-refractivity contribution in [3.05, 3.63) is 69.9 Å². The molecule has 2 aromatic heterocycles. The predicted molar refractivity (Wildman–Crippen MR) is 134 cm³/mol. The number of rotatable bonds is 7. The van der Waals surface area contributed by atoms with Crippen LogP contribution in [-0.2, 0) is 11.3 Å². The molecule has 0 atom stereocenters. The van der Waals surface area contributed by atoms with E-state index in [0.29, 0.717) is 0 Å². The summed E-state index contributed by atoms with van der Waals surface area (Å²) < 4.78 is 2.09. The fraction of sp³-hybridized carbons (Fsp3) is 0.240. The maximum Gasteiger partial charge on any atom is 0.234 e. The van der Waals surface area contributed by atoms with Gasteiger partial charge in [-0.1, -0.05) is 48.2 Å². The minimum absolute atomic E-state index is 0.0523. The van der Waals surface area contributed by atoms with Gasteiger partial charge in [0.25, 0.3) is 0 Å². The van der Waals surface area contributed by atoms with Crippen LogP contribution in [0.5, 0.6) is 0 Å². The van der Waals surface area contributed by atoms with E-state index in [0.717, 1.165) is 39.9 Å². The molecule has 1 N–H and O–H groups in total. The smallest absolute Gasteiger partial charge is 0.234 e. The summed E-state index contributed by atoms with van der Waals surface area (Å²) in [5.74, 6) is 1.07. The molecule has 0 saturated carbocycles. The van der Waals surface area contributed by atoms with Gasteiger partial charge < -0.3 is 9.88 Å². The summed E-state index contributed by atoms with van der Waals surface area (Å²) in [6, 6.07) is 16.4. The van der Waals surface area contributed by atoms with Gasteiger partial charge >= 0.3 is 0 Å². The number of benzene rings is 2. The summed E-state index contributed by atoms with van der Waals surface area (Å²) in [6.45, 7) is 8.99. The molecule has 32 heavy (non-hydrogen) atoms. The molecule has 2 aromatic carbocycles. The lowest BCUT2D eigenvalue weighted by Gasteiger charge is -2.10. The molecule has 5 nitrogen and oxygen atoms in total. The molecular weight excluding hydrogens is 436 g/mol. The van der Waals surface area contributed by atoms with E-state index in [1.807, 2.05) is 32.0 Å². The van der Waals surface area contributed by atoms with Gasteiger partial charge in [0.1, 0.15) is 0 Å². The molecule has 4 rings (SSSR count). The Hall–Kier alpha value is -2.90. The number of amides is 1. The van der Waals surface area contributed by atoms with Gasteiger partial charge in [-0.2, -0.15) is 0 Å². The molecule has 0 radical (unpaired) electrons. The number of thiophene rings is 1. The normalized spacial score (nSPS) is 11.0. The second kappa shape index (κ2) is 9.71. The second-order valence-electron chi connectivity index (χ2n) is 7.71. The standard InChI is InChI=1S/C25H26N4OS2/c1-5-29-24(21-14-31-18(4)23(21)19-9-7-6-8-10-19)27-28-25(29)32-15-22(30)26-20-12-16(2)11-17(3)13-20/h6-14H,5,15H2,1-4H3,(H,26,30). The number of thioether (sulfide) groups is 1. The van der Waals surface area contributed by atoms with Crippen molar-refractivity contribution in [1.82, 2.24) is 14.8 Å². The molecule has 0 bridgehead atoms. The van der Waals surface area contributed by atoms with Crippen LogP contribution in [0.2, 0.25) is 0 Å². The molecule has 1 amide bonds. The van der Waals surface area contributed by atoms with Crippen LogP contribution < -0.4 is 5.32 Å². The van der Waals surface area contributed by atoms with Crippen LogP contribution in [0, 0.1) is 20.8 Å². The van der Waals surface area contributed by atoms with Crippen molar-refractivity contribution in [3.8, 4) is 22.5 Å². The average molecular weight is 463 g/mol. The van der Waals surface area contributed by atoms with Gasteiger partial charge in [0, 0.05) is 33.6 Å². The van der Waals surface area contributed by atoms with Crippen molar-refractivity contribution in [3.63, 3.8) is 0 Å². The van der Waals surface area contributed by atoms with E-state index in [2.05, 4.69) is 69.6 Å². The third-order valence-electron chi connectivity index (χ3n) is 5.15. The van der Waals surface area contributed by atoms with Crippen LogP contribution >= 0.6 is 23.1 Å². The van der Waals surface area contributed by atoms with Gasteiger partial charge in [-0.3, -0.25) is 4.79 Å². The number of carbonyl (C=O) groups excluding carboxylic acids is 1. The van der Waals surface area contributed by atoms with E-state index in [1.165, 1.54) is 27.8 Å². The lowest BCUT2D eigenvalue weighted by Crippen LogP contribution is -2.15. The Kier molecular flexibility index (Phi) is 6.77. The summed E-state index contributed by atoms with van der Waals surface area (Å²) in [5.41, 5.74) is 6.54. The van der Waals surface area contributed by atoms with Crippen molar-refractivity contribution in [1.29, 1.82) is 0 Å². The quantitative estimate of drug-likeness (QED) is 0.325. The average Bonchev–Trinajstić information content (AvgIpc) is 3.34. The zero-order valence-corrected chi connectivity index (χ0v) is 20.3. The van der Waals surface area contributed by atoms with E-state index < -0.39 is 0 Å². The van der Waals surface area contributed by atoms with E-state index in [4.69, 9.17) is 0 Å². The first kappa shape index (κ1) is 22.3.